The van der Waals surface area contributed by atoms with Crippen molar-refractivity contribution in [1.82, 2.24) is 4.98 Å². The Balaban J connectivity index is 2.16. The van der Waals surface area contributed by atoms with E-state index in [1.165, 1.54) is 12.3 Å². The first-order chi connectivity index (χ1) is 8.32. The van der Waals surface area contributed by atoms with Gasteiger partial charge in [0.05, 0.1) is 17.1 Å². The van der Waals surface area contributed by atoms with Crippen molar-refractivity contribution in [1.29, 1.82) is 0 Å². The molecule has 0 aliphatic heterocycles. The molecule has 2 rings (SSSR count). The van der Waals surface area contributed by atoms with Crippen molar-refractivity contribution in [2.45, 2.75) is 39.3 Å². The number of nitro groups is 1. The zero-order valence-electron chi connectivity index (χ0n) is 10.7. The number of hydrogen-bond donors (Lipinski definition) is 2. The maximum Gasteiger partial charge on any atom is 0.277 e. The zero-order valence-corrected chi connectivity index (χ0v) is 10.7. The number of aryl methyl sites for hydroxylation is 1. The maximum absolute atomic E-state index is 10.8. The third kappa shape index (κ3) is 2.03. The van der Waals surface area contributed by atoms with E-state index in [-0.39, 0.29) is 23.2 Å². The number of anilines is 1. The summed E-state index contributed by atoms with van der Waals surface area (Å²) in [5.41, 5.74) is 0.366. The molecule has 0 radical (unpaired) electrons. The normalized spacial score (nSPS) is 25.3. The van der Waals surface area contributed by atoms with E-state index in [0.29, 0.717) is 17.8 Å². The molecule has 1 aromatic rings. The molecule has 2 atom stereocenters. The Bertz CT molecular complexity index is 487. The minimum absolute atomic E-state index is 0.0604. The average Bonchev–Trinajstić information content (AvgIpc) is 2.30. The number of nitrogens with one attached hydrogen (secondary N) is 1. The monoisotopic (exact) mass is 251 g/mol. The Morgan fingerprint density at radius 3 is 2.78 bits per heavy atom. The molecule has 1 fully saturated rings. The van der Waals surface area contributed by atoms with Crippen LogP contribution in [0.15, 0.2) is 12.3 Å². The summed E-state index contributed by atoms with van der Waals surface area (Å²) in [5.74, 6) is 0.484. The first kappa shape index (κ1) is 12.8. The number of hydrogen-bond acceptors (Lipinski definition) is 5. The molecule has 98 valence electrons. The fourth-order valence-electron chi connectivity index (χ4n) is 2.11. The van der Waals surface area contributed by atoms with Gasteiger partial charge in [-0.2, -0.15) is 0 Å². The van der Waals surface area contributed by atoms with Gasteiger partial charge < -0.3 is 10.4 Å². The third-order valence-electron chi connectivity index (χ3n) is 3.81. The summed E-state index contributed by atoms with van der Waals surface area (Å²) in [7, 11) is 0. The molecule has 1 aliphatic carbocycles. The van der Waals surface area contributed by atoms with Gasteiger partial charge >= 0.3 is 0 Å². The van der Waals surface area contributed by atoms with Crippen LogP contribution >= 0.6 is 0 Å². The molecule has 18 heavy (non-hydrogen) atoms. The van der Waals surface area contributed by atoms with E-state index in [1.807, 2.05) is 13.8 Å². The minimum atomic E-state index is -0.414. The van der Waals surface area contributed by atoms with Crippen LogP contribution in [-0.2, 0) is 0 Å². The number of aliphatic hydroxyl groups excluding tert-OH is 1. The first-order valence-electron chi connectivity index (χ1n) is 5.88. The van der Waals surface area contributed by atoms with Gasteiger partial charge in [0.2, 0.25) is 0 Å². The average molecular weight is 251 g/mol. The maximum atomic E-state index is 10.8. The molecule has 0 bridgehead atoms. The SMILES string of the molecule is Cc1cnc(NC2CC(O)C2(C)C)cc1[N+](=O)[O-]. The van der Waals surface area contributed by atoms with Crippen LogP contribution in [0.5, 0.6) is 0 Å². The molecule has 0 spiro atoms. The lowest BCUT2D eigenvalue weighted by molar-refractivity contribution is -0.385. The highest BCUT2D eigenvalue weighted by Gasteiger charge is 2.47. The molecule has 1 saturated carbocycles. The second-order valence-electron chi connectivity index (χ2n) is 5.38. The molecule has 0 amide bonds. The van der Waals surface area contributed by atoms with Crippen LogP contribution in [0.2, 0.25) is 0 Å². The Labute approximate surface area is 105 Å². The van der Waals surface area contributed by atoms with Gasteiger partial charge in [-0.1, -0.05) is 13.8 Å². The van der Waals surface area contributed by atoms with Crippen LogP contribution in [0.25, 0.3) is 0 Å². The third-order valence-corrected chi connectivity index (χ3v) is 3.81. The van der Waals surface area contributed by atoms with E-state index in [1.54, 1.807) is 6.92 Å². The fraction of sp³-hybridized carbons (Fsp3) is 0.583. The molecule has 6 nitrogen and oxygen atoms in total. The molecule has 0 aromatic carbocycles. The lowest BCUT2D eigenvalue weighted by atomic mass is 9.64. The quantitative estimate of drug-likeness (QED) is 0.632. The minimum Gasteiger partial charge on any atom is -0.392 e. The lowest BCUT2D eigenvalue weighted by Crippen LogP contribution is -2.57. The van der Waals surface area contributed by atoms with Crippen molar-refractivity contribution in [3.8, 4) is 0 Å². The Morgan fingerprint density at radius 1 is 1.61 bits per heavy atom. The van der Waals surface area contributed by atoms with Crippen LogP contribution in [0.1, 0.15) is 25.8 Å². The van der Waals surface area contributed by atoms with Crippen molar-refractivity contribution in [2.24, 2.45) is 5.41 Å². The second-order valence-corrected chi connectivity index (χ2v) is 5.38. The molecule has 1 aliphatic rings. The van der Waals surface area contributed by atoms with Crippen LogP contribution in [0.3, 0.4) is 0 Å². The Hall–Kier alpha value is -1.69. The van der Waals surface area contributed by atoms with Crippen molar-refractivity contribution in [3.05, 3.63) is 27.9 Å². The molecular weight excluding hydrogens is 234 g/mol. The predicted octanol–water partition coefficient (Wildman–Crippen LogP) is 1.87. The van der Waals surface area contributed by atoms with Crippen LogP contribution < -0.4 is 5.32 Å². The highest BCUT2D eigenvalue weighted by atomic mass is 16.6. The van der Waals surface area contributed by atoms with E-state index in [4.69, 9.17) is 0 Å². The van der Waals surface area contributed by atoms with Crippen LogP contribution in [-0.4, -0.2) is 27.2 Å². The van der Waals surface area contributed by atoms with Gasteiger partial charge in [-0.3, -0.25) is 10.1 Å². The number of pyridine rings is 1. The van der Waals surface area contributed by atoms with Gasteiger partial charge in [-0.15, -0.1) is 0 Å². The van der Waals surface area contributed by atoms with E-state index in [2.05, 4.69) is 10.3 Å². The summed E-state index contributed by atoms with van der Waals surface area (Å²) in [5, 5.41) is 23.6. The molecule has 6 heteroatoms. The van der Waals surface area contributed by atoms with Gasteiger partial charge in [0, 0.05) is 23.2 Å². The van der Waals surface area contributed by atoms with E-state index in [9.17, 15) is 15.2 Å². The zero-order chi connectivity index (χ0) is 13.5. The first-order valence-corrected chi connectivity index (χ1v) is 5.88. The molecule has 2 unspecified atom stereocenters. The fourth-order valence-corrected chi connectivity index (χ4v) is 2.11. The number of nitrogens with zero attached hydrogens (tertiary/aromatic N) is 2. The number of aromatic nitrogens is 1. The van der Waals surface area contributed by atoms with Gasteiger partial charge in [0.15, 0.2) is 0 Å². The second kappa shape index (κ2) is 4.20. The smallest absolute Gasteiger partial charge is 0.277 e. The van der Waals surface area contributed by atoms with Crippen molar-refractivity contribution >= 4 is 11.5 Å². The summed E-state index contributed by atoms with van der Waals surface area (Å²) in [6, 6.07) is 1.53. The molecule has 2 N–H and O–H groups in total. The van der Waals surface area contributed by atoms with Crippen molar-refractivity contribution in [2.75, 3.05) is 5.32 Å². The molecule has 1 heterocycles. The van der Waals surface area contributed by atoms with E-state index in [0.717, 1.165) is 0 Å². The summed E-state index contributed by atoms with van der Waals surface area (Å²) < 4.78 is 0. The number of aliphatic hydroxyl groups is 1. The van der Waals surface area contributed by atoms with E-state index < -0.39 is 4.92 Å². The number of rotatable bonds is 3. The summed E-state index contributed by atoms with van der Waals surface area (Å²) >= 11 is 0. The summed E-state index contributed by atoms with van der Waals surface area (Å²) in [6.07, 6.45) is 1.79. The van der Waals surface area contributed by atoms with Crippen molar-refractivity contribution in [3.63, 3.8) is 0 Å². The Kier molecular flexibility index (Phi) is 2.98. The molecule has 1 aromatic heterocycles. The Morgan fingerprint density at radius 2 is 2.28 bits per heavy atom. The lowest BCUT2D eigenvalue weighted by Gasteiger charge is -2.49. The molecular formula is C12H17N3O3. The largest absolute Gasteiger partial charge is 0.392 e. The summed E-state index contributed by atoms with van der Waals surface area (Å²) in [4.78, 5) is 14.6. The van der Waals surface area contributed by atoms with Crippen molar-refractivity contribution < 1.29 is 10.0 Å². The molecule has 0 saturated heterocycles. The summed E-state index contributed by atoms with van der Waals surface area (Å²) in [6.45, 7) is 5.58. The van der Waals surface area contributed by atoms with Crippen LogP contribution in [0, 0.1) is 22.5 Å². The predicted molar refractivity (Wildman–Crippen MR) is 67.4 cm³/mol. The van der Waals surface area contributed by atoms with Gasteiger partial charge in [0.25, 0.3) is 5.69 Å². The van der Waals surface area contributed by atoms with Gasteiger partial charge in [-0.05, 0) is 13.3 Å². The van der Waals surface area contributed by atoms with Gasteiger partial charge in [0.1, 0.15) is 5.82 Å². The van der Waals surface area contributed by atoms with Gasteiger partial charge in [-0.25, -0.2) is 4.98 Å². The van der Waals surface area contributed by atoms with E-state index >= 15 is 0 Å². The topological polar surface area (TPSA) is 88.3 Å². The highest BCUT2D eigenvalue weighted by molar-refractivity contribution is 5.50. The standard InChI is InChI=1S/C12H17N3O3/c1-7-6-13-11(4-8(7)15(17)18)14-9-5-10(16)12(9,2)3/h4,6,9-10,16H,5H2,1-3H3,(H,13,14). The van der Waals surface area contributed by atoms with Crippen LogP contribution in [0.4, 0.5) is 11.5 Å². The highest BCUT2D eigenvalue weighted by Crippen LogP contribution is 2.42.